The second-order valence-corrected chi connectivity index (χ2v) is 4.82. The summed E-state index contributed by atoms with van der Waals surface area (Å²) in [4.78, 5) is 22.6. The summed E-state index contributed by atoms with van der Waals surface area (Å²) in [7, 11) is 0. The van der Waals surface area contributed by atoms with Gasteiger partial charge < -0.3 is 10.6 Å². The fourth-order valence-corrected chi connectivity index (χ4v) is 1.41. The molecule has 0 aromatic heterocycles. The van der Waals surface area contributed by atoms with Crippen molar-refractivity contribution in [2.45, 2.75) is 45.6 Å². The Bertz CT molecular complexity index is 300. The van der Waals surface area contributed by atoms with Crippen molar-refractivity contribution in [3.63, 3.8) is 0 Å². The lowest BCUT2D eigenvalue weighted by Crippen LogP contribution is -2.46. The van der Waals surface area contributed by atoms with Crippen LogP contribution in [0.25, 0.3) is 0 Å². The molecule has 2 N–H and O–H groups in total. The van der Waals surface area contributed by atoms with Gasteiger partial charge in [-0.3, -0.25) is 4.79 Å². The zero-order valence-corrected chi connectivity index (χ0v) is 9.52. The molecule has 0 aromatic rings. The van der Waals surface area contributed by atoms with E-state index in [0.29, 0.717) is 12.1 Å². The first-order valence-corrected chi connectivity index (χ1v) is 5.19. The van der Waals surface area contributed by atoms with E-state index < -0.39 is 0 Å². The van der Waals surface area contributed by atoms with E-state index in [1.165, 1.54) is 6.08 Å². The molecule has 0 atom stereocenters. The number of carbonyl (C=O) groups is 2. The molecule has 0 unspecified atom stereocenters. The SMILES string of the molecule is CC(C)(C)NC(=O)NC1=CC(=O)CCC1. The van der Waals surface area contributed by atoms with Crippen LogP contribution in [-0.4, -0.2) is 17.4 Å². The number of carbonyl (C=O) groups excluding carboxylic acids is 2. The van der Waals surface area contributed by atoms with Gasteiger partial charge in [0, 0.05) is 23.7 Å². The Balaban J connectivity index is 2.48. The third-order valence-corrected chi connectivity index (χ3v) is 1.97. The van der Waals surface area contributed by atoms with Crippen LogP contribution < -0.4 is 10.6 Å². The van der Waals surface area contributed by atoms with Crippen molar-refractivity contribution < 1.29 is 9.59 Å². The summed E-state index contributed by atoms with van der Waals surface area (Å²) >= 11 is 0. The lowest BCUT2D eigenvalue weighted by atomic mass is 10.0. The molecule has 0 spiro atoms. The van der Waals surface area contributed by atoms with Crippen LogP contribution in [-0.2, 0) is 4.79 Å². The van der Waals surface area contributed by atoms with Crippen molar-refractivity contribution in [3.8, 4) is 0 Å². The lowest BCUT2D eigenvalue weighted by Gasteiger charge is -2.22. The van der Waals surface area contributed by atoms with Gasteiger partial charge in [0.1, 0.15) is 0 Å². The quantitative estimate of drug-likeness (QED) is 0.692. The van der Waals surface area contributed by atoms with Gasteiger partial charge in [-0.15, -0.1) is 0 Å². The number of urea groups is 1. The average molecular weight is 210 g/mol. The van der Waals surface area contributed by atoms with Crippen LogP contribution in [0, 0.1) is 0 Å². The summed E-state index contributed by atoms with van der Waals surface area (Å²) in [6.07, 6.45) is 3.70. The summed E-state index contributed by atoms with van der Waals surface area (Å²) < 4.78 is 0. The van der Waals surface area contributed by atoms with Crippen molar-refractivity contribution in [1.82, 2.24) is 10.6 Å². The Kier molecular flexibility index (Phi) is 3.50. The lowest BCUT2D eigenvalue weighted by molar-refractivity contribution is -0.115. The van der Waals surface area contributed by atoms with Crippen molar-refractivity contribution >= 4 is 11.8 Å². The average Bonchev–Trinajstić information content (AvgIpc) is 1.99. The summed E-state index contributed by atoms with van der Waals surface area (Å²) in [6, 6.07) is -0.247. The number of ketones is 1. The highest BCUT2D eigenvalue weighted by atomic mass is 16.2. The molecule has 0 saturated carbocycles. The Morgan fingerprint density at radius 2 is 2.00 bits per heavy atom. The largest absolute Gasteiger partial charge is 0.333 e. The zero-order valence-electron chi connectivity index (χ0n) is 9.52. The predicted octanol–water partition coefficient (Wildman–Crippen LogP) is 1.72. The van der Waals surface area contributed by atoms with Crippen molar-refractivity contribution in [3.05, 3.63) is 11.8 Å². The summed E-state index contributed by atoms with van der Waals surface area (Å²) in [5.41, 5.74) is 0.455. The van der Waals surface area contributed by atoms with Crippen molar-refractivity contribution in [2.75, 3.05) is 0 Å². The predicted molar refractivity (Wildman–Crippen MR) is 58.4 cm³/mol. The highest BCUT2D eigenvalue weighted by Crippen LogP contribution is 2.12. The maximum Gasteiger partial charge on any atom is 0.319 e. The van der Waals surface area contributed by atoms with Crippen LogP contribution in [0.3, 0.4) is 0 Å². The fraction of sp³-hybridized carbons (Fsp3) is 0.636. The molecule has 1 rings (SSSR count). The van der Waals surface area contributed by atoms with Gasteiger partial charge in [-0.2, -0.15) is 0 Å². The van der Waals surface area contributed by atoms with Crippen LogP contribution in [0.1, 0.15) is 40.0 Å². The van der Waals surface area contributed by atoms with E-state index in [0.717, 1.165) is 12.8 Å². The molecule has 4 nitrogen and oxygen atoms in total. The van der Waals surface area contributed by atoms with Gasteiger partial charge in [0.25, 0.3) is 0 Å². The van der Waals surface area contributed by atoms with Crippen LogP contribution in [0.4, 0.5) is 4.79 Å². The second-order valence-electron chi connectivity index (χ2n) is 4.82. The standard InChI is InChI=1S/C11H18N2O2/c1-11(2,3)13-10(15)12-8-5-4-6-9(14)7-8/h7H,4-6H2,1-3H3,(H2,12,13,15). The molecule has 0 aromatic carbocycles. The summed E-state index contributed by atoms with van der Waals surface area (Å²) in [6.45, 7) is 5.73. The minimum atomic E-state index is -0.261. The molecule has 0 saturated heterocycles. The zero-order chi connectivity index (χ0) is 11.5. The molecule has 1 aliphatic rings. The molecule has 84 valence electrons. The van der Waals surface area contributed by atoms with E-state index >= 15 is 0 Å². The maximum absolute atomic E-state index is 11.5. The molecule has 2 amide bonds. The minimum absolute atomic E-state index is 0.0901. The number of rotatable bonds is 1. The summed E-state index contributed by atoms with van der Waals surface area (Å²) in [5.74, 6) is 0.0901. The second kappa shape index (κ2) is 4.47. The van der Waals surface area contributed by atoms with Crippen molar-refractivity contribution in [2.24, 2.45) is 0 Å². The number of amides is 2. The van der Waals surface area contributed by atoms with E-state index in [-0.39, 0.29) is 17.4 Å². The molecule has 4 heteroatoms. The number of hydrogen-bond acceptors (Lipinski definition) is 2. The van der Waals surface area contributed by atoms with E-state index in [1.807, 2.05) is 20.8 Å². The maximum atomic E-state index is 11.5. The van der Waals surface area contributed by atoms with Gasteiger partial charge >= 0.3 is 6.03 Å². The highest BCUT2D eigenvalue weighted by molar-refractivity contribution is 5.92. The third kappa shape index (κ3) is 4.63. The third-order valence-electron chi connectivity index (χ3n) is 1.97. The Morgan fingerprint density at radius 1 is 1.33 bits per heavy atom. The monoisotopic (exact) mass is 210 g/mol. The molecule has 0 heterocycles. The van der Waals surface area contributed by atoms with E-state index in [1.54, 1.807) is 0 Å². The summed E-state index contributed by atoms with van der Waals surface area (Å²) in [5, 5.41) is 5.48. The Labute approximate surface area is 90.1 Å². The Hall–Kier alpha value is -1.32. The topological polar surface area (TPSA) is 58.2 Å². The van der Waals surface area contributed by atoms with E-state index in [2.05, 4.69) is 10.6 Å². The van der Waals surface area contributed by atoms with Gasteiger partial charge in [-0.25, -0.2) is 4.79 Å². The minimum Gasteiger partial charge on any atom is -0.333 e. The van der Waals surface area contributed by atoms with Crippen molar-refractivity contribution in [1.29, 1.82) is 0 Å². The van der Waals surface area contributed by atoms with Gasteiger partial charge in [-0.1, -0.05) is 0 Å². The van der Waals surface area contributed by atoms with Gasteiger partial charge in [-0.05, 0) is 33.6 Å². The smallest absolute Gasteiger partial charge is 0.319 e. The van der Waals surface area contributed by atoms with E-state index in [4.69, 9.17) is 0 Å². The molecule has 15 heavy (non-hydrogen) atoms. The highest BCUT2D eigenvalue weighted by Gasteiger charge is 2.16. The number of allylic oxidation sites excluding steroid dienone is 2. The molecule has 0 fully saturated rings. The molecular weight excluding hydrogens is 192 g/mol. The first-order valence-electron chi connectivity index (χ1n) is 5.19. The first-order chi connectivity index (χ1) is 6.87. The van der Waals surface area contributed by atoms with Gasteiger partial charge in [0.2, 0.25) is 0 Å². The molecule has 0 aliphatic heterocycles. The van der Waals surface area contributed by atoms with Crippen LogP contribution in [0.2, 0.25) is 0 Å². The van der Waals surface area contributed by atoms with Gasteiger partial charge in [0.05, 0.1) is 0 Å². The first kappa shape index (κ1) is 11.8. The molecular formula is C11H18N2O2. The molecule has 0 bridgehead atoms. The Morgan fingerprint density at radius 3 is 2.53 bits per heavy atom. The van der Waals surface area contributed by atoms with Gasteiger partial charge in [0.15, 0.2) is 5.78 Å². The molecule has 1 aliphatic carbocycles. The number of nitrogens with one attached hydrogen (secondary N) is 2. The number of hydrogen-bond donors (Lipinski definition) is 2. The van der Waals surface area contributed by atoms with E-state index in [9.17, 15) is 9.59 Å². The normalized spacial score (nSPS) is 17.0. The van der Waals surface area contributed by atoms with Crippen LogP contribution >= 0.6 is 0 Å². The van der Waals surface area contributed by atoms with Crippen LogP contribution in [0.5, 0.6) is 0 Å². The fourth-order valence-electron chi connectivity index (χ4n) is 1.41. The van der Waals surface area contributed by atoms with Crippen LogP contribution in [0.15, 0.2) is 11.8 Å². The molecule has 0 radical (unpaired) electrons.